The fourth-order valence-corrected chi connectivity index (χ4v) is 3.74. The number of carbonyl (C=O) groups is 2. The zero-order chi connectivity index (χ0) is 15.6. The molecule has 0 aromatic heterocycles. The molecule has 21 heavy (non-hydrogen) atoms. The van der Waals surface area contributed by atoms with Gasteiger partial charge >= 0.3 is 5.97 Å². The van der Waals surface area contributed by atoms with Crippen LogP contribution < -0.4 is 0 Å². The van der Waals surface area contributed by atoms with Crippen molar-refractivity contribution in [3.05, 3.63) is 0 Å². The third-order valence-electron chi connectivity index (χ3n) is 4.65. The van der Waals surface area contributed by atoms with E-state index in [0.29, 0.717) is 24.2 Å². The fraction of sp³-hybridized carbons (Fsp3) is 0.824. The van der Waals surface area contributed by atoms with Crippen LogP contribution in [0.2, 0.25) is 0 Å². The van der Waals surface area contributed by atoms with Crippen LogP contribution in [0.25, 0.3) is 0 Å². The van der Waals surface area contributed by atoms with Gasteiger partial charge in [-0.2, -0.15) is 5.26 Å². The maximum Gasteiger partial charge on any atom is 0.306 e. The molecule has 0 aromatic rings. The molecule has 0 radical (unpaired) electrons. The van der Waals surface area contributed by atoms with Crippen molar-refractivity contribution in [1.82, 2.24) is 0 Å². The van der Waals surface area contributed by atoms with Crippen LogP contribution >= 0.6 is 0 Å². The molecule has 0 amide bonds. The van der Waals surface area contributed by atoms with E-state index in [4.69, 9.17) is 10.00 Å². The van der Waals surface area contributed by atoms with E-state index in [1.807, 2.05) is 26.8 Å². The quantitative estimate of drug-likeness (QED) is 0.729. The number of hydrogen-bond donors (Lipinski definition) is 0. The van der Waals surface area contributed by atoms with Gasteiger partial charge in [0.15, 0.2) is 5.78 Å². The Morgan fingerprint density at radius 3 is 2.57 bits per heavy atom. The van der Waals surface area contributed by atoms with Gasteiger partial charge in [0, 0.05) is 12.3 Å². The molecular weight excluding hydrogens is 266 g/mol. The molecule has 2 fully saturated rings. The Hall–Kier alpha value is -1.37. The number of fused-ring (bicyclic) bond motifs is 1. The molecule has 4 heteroatoms. The van der Waals surface area contributed by atoms with Crippen molar-refractivity contribution in [2.75, 3.05) is 0 Å². The first kappa shape index (κ1) is 16.0. The Kier molecular flexibility index (Phi) is 4.70. The van der Waals surface area contributed by atoms with Crippen molar-refractivity contribution in [3.8, 4) is 6.07 Å². The minimum Gasteiger partial charge on any atom is -0.460 e. The Bertz CT molecular complexity index is 458. The largest absolute Gasteiger partial charge is 0.460 e. The Morgan fingerprint density at radius 1 is 1.24 bits per heavy atom. The topological polar surface area (TPSA) is 67.2 Å². The van der Waals surface area contributed by atoms with E-state index >= 15 is 0 Å². The minimum atomic E-state index is -0.417. The van der Waals surface area contributed by atoms with Gasteiger partial charge in [0.05, 0.1) is 12.5 Å². The first-order valence-corrected chi connectivity index (χ1v) is 7.93. The molecule has 0 aromatic carbocycles. The molecule has 0 bridgehead atoms. The Labute approximate surface area is 126 Å². The van der Waals surface area contributed by atoms with E-state index in [9.17, 15) is 9.59 Å². The normalized spacial score (nSPS) is 31.0. The summed E-state index contributed by atoms with van der Waals surface area (Å²) in [6.07, 6.45) is 4.59. The molecule has 0 heterocycles. The van der Waals surface area contributed by atoms with Crippen LogP contribution in [0.15, 0.2) is 0 Å². The summed E-state index contributed by atoms with van der Waals surface area (Å²) in [6.45, 7) is 5.64. The standard InChI is InChI=1S/C17H25NO3/c1-17(2,3)21-15(20)7-5-11-4-6-12-13(10-11)16(12)14(19)8-9-18/h11-13,16H,4-8,10H2,1-3H3/t11?,12-,13+,16+/m1/s1. The number of nitriles is 1. The van der Waals surface area contributed by atoms with Crippen LogP contribution in [-0.2, 0) is 14.3 Å². The molecule has 0 N–H and O–H groups in total. The van der Waals surface area contributed by atoms with Gasteiger partial charge in [-0.3, -0.25) is 9.59 Å². The number of esters is 1. The van der Waals surface area contributed by atoms with Crippen LogP contribution in [0, 0.1) is 35.0 Å². The number of ketones is 1. The number of hydrogen-bond acceptors (Lipinski definition) is 4. The van der Waals surface area contributed by atoms with Crippen molar-refractivity contribution in [2.24, 2.45) is 23.7 Å². The third kappa shape index (κ3) is 4.30. The predicted octanol–water partition coefficient (Wildman–Crippen LogP) is 3.25. The van der Waals surface area contributed by atoms with Gasteiger partial charge in [0.1, 0.15) is 5.60 Å². The molecule has 4 atom stereocenters. The first-order chi connectivity index (χ1) is 9.81. The van der Waals surface area contributed by atoms with Gasteiger partial charge in [-0.05, 0) is 57.8 Å². The highest BCUT2D eigenvalue weighted by Gasteiger charge is 2.55. The second-order valence-corrected chi connectivity index (χ2v) is 7.46. The second-order valence-electron chi connectivity index (χ2n) is 7.46. The van der Waals surface area contributed by atoms with E-state index < -0.39 is 5.60 Å². The summed E-state index contributed by atoms with van der Waals surface area (Å²) in [5.74, 6) is 1.65. The lowest BCUT2D eigenvalue weighted by molar-refractivity contribution is -0.155. The smallest absolute Gasteiger partial charge is 0.306 e. The van der Waals surface area contributed by atoms with Crippen molar-refractivity contribution >= 4 is 11.8 Å². The molecule has 2 saturated carbocycles. The van der Waals surface area contributed by atoms with E-state index in [-0.39, 0.29) is 24.1 Å². The lowest BCUT2D eigenvalue weighted by Gasteiger charge is -2.22. The molecule has 2 rings (SSSR count). The summed E-state index contributed by atoms with van der Waals surface area (Å²) in [5.41, 5.74) is -0.417. The summed E-state index contributed by atoms with van der Waals surface area (Å²) in [7, 11) is 0. The molecular formula is C17H25NO3. The number of rotatable bonds is 5. The Morgan fingerprint density at radius 2 is 1.95 bits per heavy atom. The summed E-state index contributed by atoms with van der Waals surface area (Å²) < 4.78 is 5.33. The summed E-state index contributed by atoms with van der Waals surface area (Å²) in [6, 6.07) is 1.96. The molecule has 1 unspecified atom stereocenters. The van der Waals surface area contributed by atoms with Gasteiger partial charge in [-0.25, -0.2) is 0 Å². The van der Waals surface area contributed by atoms with Crippen molar-refractivity contribution in [2.45, 2.75) is 64.9 Å². The molecule has 116 valence electrons. The van der Waals surface area contributed by atoms with E-state index in [1.165, 1.54) is 0 Å². The molecule has 2 aliphatic carbocycles. The molecule has 0 spiro atoms. The van der Waals surface area contributed by atoms with Gasteiger partial charge in [0.2, 0.25) is 0 Å². The van der Waals surface area contributed by atoms with Crippen molar-refractivity contribution in [3.63, 3.8) is 0 Å². The first-order valence-electron chi connectivity index (χ1n) is 7.93. The molecule has 4 nitrogen and oxygen atoms in total. The molecule has 0 saturated heterocycles. The third-order valence-corrected chi connectivity index (χ3v) is 4.65. The minimum absolute atomic E-state index is 0.0558. The highest BCUT2D eigenvalue weighted by atomic mass is 16.6. The zero-order valence-corrected chi connectivity index (χ0v) is 13.2. The van der Waals surface area contributed by atoms with Gasteiger partial charge in [0.25, 0.3) is 0 Å². The van der Waals surface area contributed by atoms with Crippen molar-refractivity contribution in [1.29, 1.82) is 5.26 Å². The maximum atomic E-state index is 11.8. The van der Waals surface area contributed by atoms with Crippen molar-refractivity contribution < 1.29 is 14.3 Å². The monoisotopic (exact) mass is 291 g/mol. The van der Waals surface area contributed by atoms with Gasteiger partial charge < -0.3 is 4.74 Å². The van der Waals surface area contributed by atoms with E-state index in [2.05, 4.69) is 0 Å². The number of carbonyl (C=O) groups excluding carboxylic acids is 2. The zero-order valence-electron chi connectivity index (χ0n) is 13.2. The fourth-order valence-electron chi connectivity index (χ4n) is 3.74. The maximum absolute atomic E-state index is 11.8. The lowest BCUT2D eigenvalue weighted by atomic mass is 9.86. The van der Waals surface area contributed by atoms with E-state index in [1.54, 1.807) is 0 Å². The average Bonchev–Trinajstić information content (AvgIpc) is 3.08. The number of Topliss-reactive ketones (excluding diaryl/α,β-unsaturated/α-hetero) is 1. The summed E-state index contributed by atoms with van der Waals surface area (Å²) >= 11 is 0. The van der Waals surface area contributed by atoms with E-state index in [0.717, 1.165) is 25.7 Å². The highest BCUT2D eigenvalue weighted by Crippen LogP contribution is 2.58. The highest BCUT2D eigenvalue weighted by molar-refractivity contribution is 5.86. The van der Waals surface area contributed by atoms with Gasteiger partial charge in [-0.1, -0.05) is 6.42 Å². The van der Waals surface area contributed by atoms with Gasteiger partial charge in [-0.15, -0.1) is 0 Å². The van der Waals surface area contributed by atoms with Crippen LogP contribution in [0.1, 0.15) is 59.3 Å². The van der Waals surface area contributed by atoms with Crippen LogP contribution in [-0.4, -0.2) is 17.4 Å². The van der Waals surface area contributed by atoms with Crippen LogP contribution in [0.3, 0.4) is 0 Å². The SMILES string of the molecule is CC(C)(C)OC(=O)CCC1CC[C@@H]2[C@H](C1)[C@H]2C(=O)CC#N. The molecule has 2 aliphatic rings. The lowest BCUT2D eigenvalue weighted by Crippen LogP contribution is -2.24. The Balaban J connectivity index is 1.73. The molecule has 0 aliphatic heterocycles. The summed E-state index contributed by atoms with van der Waals surface area (Å²) in [4.78, 5) is 23.5. The second kappa shape index (κ2) is 6.17. The number of ether oxygens (including phenoxy) is 1. The van der Waals surface area contributed by atoms with Crippen LogP contribution in [0.4, 0.5) is 0 Å². The summed E-state index contributed by atoms with van der Waals surface area (Å²) in [5, 5.41) is 8.61. The number of nitrogens with zero attached hydrogens (tertiary/aromatic N) is 1. The average molecular weight is 291 g/mol. The predicted molar refractivity (Wildman–Crippen MR) is 78.1 cm³/mol. The van der Waals surface area contributed by atoms with Crippen LogP contribution in [0.5, 0.6) is 0 Å².